The van der Waals surface area contributed by atoms with Crippen molar-refractivity contribution in [2.24, 2.45) is 0 Å². The van der Waals surface area contributed by atoms with Crippen LogP contribution in [0.4, 0.5) is 4.39 Å². The molecule has 0 spiro atoms. The topological polar surface area (TPSA) is 79.1 Å². The zero-order chi connectivity index (χ0) is 17.2. The minimum Gasteiger partial charge on any atom is -0.454 e. The van der Waals surface area contributed by atoms with Crippen LogP contribution >= 0.6 is 11.8 Å². The highest BCUT2D eigenvalue weighted by atomic mass is 32.2. The molecule has 1 aliphatic heterocycles. The van der Waals surface area contributed by atoms with Gasteiger partial charge in [-0.05, 0) is 34.7 Å². The first-order valence-corrected chi connectivity index (χ1v) is 8.30. The molecule has 0 saturated carbocycles. The number of carbonyl (C=O) groups excluding carboxylic acids is 1. The molecule has 3 aromatic rings. The van der Waals surface area contributed by atoms with E-state index >= 15 is 0 Å². The minimum absolute atomic E-state index is 0.0197. The number of nitrogens with zero attached hydrogens (tertiary/aromatic N) is 4. The molecular formula is C16H11FN4O3S. The number of carbonyl (C=O) groups is 1. The SMILES string of the molecule is O=C(CSc1nnnn1-c1ccc2c(c1)OCO2)c1ccccc1F. The van der Waals surface area contributed by atoms with E-state index < -0.39 is 5.82 Å². The second-order valence-corrected chi connectivity index (χ2v) is 6.05. The lowest BCUT2D eigenvalue weighted by molar-refractivity contribution is 0.101. The summed E-state index contributed by atoms with van der Waals surface area (Å²) in [6.07, 6.45) is 0. The predicted octanol–water partition coefficient (Wildman–Crippen LogP) is 2.51. The monoisotopic (exact) mass is 358 g/mol. The van der Waals surface area contributed by atoms with Crippen LogP contribution in [0.2, 0.25) is 0 Å². The molecule has 2 aromatic carbocycles. The Morgan fingerprint density at radius 3 is 2.92 bits per heavy atom. The summed E-state index contributed by atoms with van der Waals surface area (Å²) in [5.74, 6) is 0.408. The van der Waals surface area contributed by atoms with Gasteiger partial charge in [0.25, 0.3) is 0 Å². The molecular weight excluding hydrogens is 347 g/mol. The molecule has 1 aromatic heterocycles. The maximum atomic E-state index is 13.7. The molecule has 1 aliphatic rings. The average molecular weight is 358 g/mol. The van der Waals surface area contributed by atoms with Gasteiger partial charge in [-0.2, -0.15) is 4.68 Å². The van der Waals surface area contributed by atoms with Gasteiger partial charge in [0, 0.05) is 6.07 Å². The molecule has 0 atom stereocenters. The number of Topliss-reactive ketones (excluding diaryl/α,β-unsaturated/α-hetero) is 1. The molecule has 0 radical (unpaired) electrons. The van der Waals surface area contributed by atoms with Gasteiger partial charge in [0.1, 0.15) is 5.82 Å². The number of ketones is 1. The van der Waals surface area contributed by atoms with E-state index in [0.29, 0.717) is 22.3 Å². The van der Waals surface area contributed by atoms with Gasteiger partial charge in [0.15, 0.2) is 17.3 Å². The third-order valence-corrected chi connectivity index (χ3v) is 4.47. The fourth-order valence-corrected chi connectivity index (χ4v) is 3.12. The second-order valence-electron chi connectivity index (χ2n) is 5.10. The molecule has 0 saturated heterocycles. The van der Waals surface area contributed by atoms with E-state index in [-0.39, 0.29) is 23.9 Å². The third-order valence-electron chi connectivity index (χ3n) is 3.55. The summed E-state index contributed by atoms with van der Waals surface area (Å²) in [6.45, 7) is 0.174. The van der Waals surface area contributed by atoms with Crippen molar-refractivity contribution >= 4 is 17.5 Å². The fraction of sp³-hybridized carbons (Fsp3) is 0.125. The molecule has 0 aliphatic carbocycles. The number of fused-ring (bicyclic) bond motifs is 1. The van der Waals surface area contributed by atoms with Crippen molar-refractivity contribution < 1.29 is 18.7 Å². The molecule has 2 heterocycles. The largest absolute Gasteiger partial charge is 0.454 e. The highest BCUT2D eigenvalue weighted by molar-refractivity contribution is 7.99. The smallest absolute Gasteiger partial charge is 0.231 e. The quantitative estimate of drug-likeness (QED) is 0.512. The molecule has 126 valence electrons. The standard InChI is InChI=1S/C16H11FN4O3S/c17-12-4-2-1-3-11(12)13(22)8-25-16-18-19-20-21(16)10-5-6-14-15(7-10)24-9-23-14/h1-7H,8-9H2. The van der Waals surface area contributed by atoms with Gasteiger partial charge in [0.05, 0.1) is 17.0 Å². The van der Waals surface area contributed by atoms with E-state index in [1.54, 1.807) is 30.3 Å². The van der Waals surface area contributed by atoms with Gasteiger partial charge in [-0.15, -0.1) is 5.10 Å². The summed E-state index contributed by atoms with van der Waals surface area (Å²) in [7, 11) is 0. The van der Waals surface area contributed by atoms with Crippen molar-refractivity contribution in [2.75, 3.05) is 12.5 Å². The predicted molar refractivity (Wildman–Crippen MR) is 86.7 cm³/mol. The van der Waals surface area contributed by atoms with Gasteiger partial charge >= 0.3 is 0 Å². The first kappa shape index (κ1) is 15.6. The van der Waals surface area contributed by atoms with Gasteiger partial charge < -0.3 is 9.47 Å². The molecule has 0 unspecified atom stereocenters. The fourth-order valence-electron chi connectivity index (χ4n) is 2.34. The number of hydrogen-bond acceptors (Lipinski definition) is 7. The molecule has 4 rings (SSSR count). The summed E-state index contributed by atoms with van der Waals surface area (Å²) in [6, 6.07) is 11.2. The van der Waals surface area contributed by atoms with Crippen LogP contribution in [0.1, 0.15) is 10.4 Å². The number of halogens is 1. The Labute approximate surface area is 145 Å². The minimum atomic E-state index is -0.538. The van der Waals surface area contributed by atoms with Crippen LogP contribution in [0.5, 0.6) is 11.5 Å². The molecule has 7 nitrogen and oxygen atoms in total. The van der Waals surface area contributed by atoms with E-state index in [2.05, 4.69) is 15.5 Å². The van der Waals surface area contributed by atoms with Crippen LogP contribution in [0, 0.1) is 5.82 Å². The first-order valence-electron chi connectivity index (χ1n) is 7.31. The maximum absolute atomic E-state index is 13.7. The number of rotatable bonds is 5. The van der Waals surface area contributed by atoms with Crippen molar-refractivity contribution in [1.82, 2.24) is 20.2 Å². The average Bonchev–Trinajstić information content (AvgIpc) is 3.28. The van der Waals surface area contributed by atoms with Crippen molar-refractivity contribution in [3.05, 3.63) is 53.8 Å². The number of hydrogen-bond donors (Lipinski definition) is 0. The molecule has 0 fully saturated rings. The molecule has 9 heteroatoms. The molecule has 0 amide bonds. The summed E-state index contributed by atoms with van der Waals surface area (Å²) in [4.78, 5) is 12.2. The van der Waals surface area contributed by atoms with Gasteiger partial charge in [0.2, 0.25) is 11.9 Å². The lowest BCUT2D eigenvalue weighted by atomic mass is 10.1. The Morgan fingerprint density at radius 2 is 2.04 bits per heavy atom. The molecule has 0 bridgehead atoms. The third kappa shape index (κ3) is 3.05. The number of thioether (sulfide) groups is 1. The Kier molecular flexibility index (Phi) is 4.06. The molecule has 0 N–H and O–H groups in total. The van der Waals surface area contributed by atoms with Crippen molar-refractivity contribution in [2.45, 2.75) is 5.16 Å². The van der Waals surface area contributed by atoms with E-state index in [4.69, 9.17) is 9.47 Å². The Balaban J connectivity index is 1.52. The number of benzene rings is 2. The van der Waals surface area contributed by atoms with Crippen LogP contribution < -0.4 is 9.47 Å². The van der Waals surface area contributed by atoms with Crippen molar-refractivity contribution in [3.8, 4) is 17.2 Å². The van der Waals surface area contributed by atoms with E-state index in [0.717, 1.165) is 11.8 Å². The zero-order valence-corrected chi connectivity index (χ0v) is 13.6. The van der Waals surface area contributed by atoms with Gasteiger partial charge in [-0.3, -0.25) is 4.79 Å². The van der Waals surface area contributed by atoms with Crippen molar-refractivity contribution in [1.29, 1.82) is 0 Å². The van der Waals surface area contributed by atoms with E-state index in [9.17, 15) is 9.18 Å². The summed E-state index contributed by atoms with van der Waals surface area (Å²) >= 11 is 1.13. The zero-order valence-electron chi connectivity index (χ0n) is 12.8. The lowest BCUT2D eigenvalue weighted by Crippen LogP contribution is -2.07. The summed E-state index contributed by atoms with van der Waals surface area (Å²) in [5, 5.41) is 11.9. The Bertz CT molecular complexity index is 947. The summed E-state index contributed by atoms with van der Waals surface area (Å²) < 4.78 is 25.8. The second kappa shape index (κ2) is 6.52. The van der Waals surface area contributed by atoms with Crippen LogP contribution in [-0.4, -0.2) is 38.5 Å². The number of tetrazole rings is 1. The Morgan fingerprint density at radius 1 is 1.20 bits per heavy atom. The number of aromatic nitrogens is 4. The Hall–Kier alpha value is -2.94. The van der Waals surface area contributed by atoms with E-state index in [1.807, 2.05) is 0 Å². The maximum Gasteiger partial charge on any atom is 0.231 e. The van der Waals surface area contributed by atoms with Crippen LogP contribution in [-0.2, 0) is 0 Å². The highest BCUT2D eigenvalue weighted by Gasteiger charge is 2.18. The van der Waals surface area contributed by atoms with Crippen LogP contribution in [0.25, 0.3) is 5.69 Å². The highest BCUT2D eigenvalue weighted by Crippen LogP contribution is 2.34. The van der Waals surface area contributed by atoms with Crippen LogP contribution in [0.3, 0.4) is 0 Å². The lowest BCUT2D eigenvalue weighted by Gasteiger charge is -2.05. The van der Waals surface area contributed by atoms with Crippen LogP contribution in [0.15, 0.2) is 47.6 Å². The van der Waals surface area contributed by atoms with E-state index in [1.165, 1.54) is 16.8 Å². The summed E-state index contributed by atoms with van der Waals surface area (Å²) in [5.41, 5.74) is 0.729. The van der Waals surface area contributed by atoms with Crippen molar-refractivity contribution in [3.63, 3.8) is 0 Å². The molecule has 25 heavy (non-hydrogen) atoms. The van der Waals surface area contributed by atoms with Gasteiger partial charge in [-0.1, -0.05) is 23.9 Å². The first-order chi connectivity index (χ1) is 12.2. The van der Waals surface area contributed by atoms with Gasteiger partial charge in [-0.25, -0.2) is 4.39 Å². The normalized spacial score (nSPS) is 12.4. The number of ether oxygens (including phenoxy) is 2.